The molecule has 10 heteroatoms. The Hall–Kier alpha value is -3.76. The van der Waals surface area contributed by atoms with Crippen LogP contribution in [0.25, 0.3) is 10.9 Å². The number of amides is 1. The van der Waals surface area contributed by atoms with Crippen molar-refractivity contribution in [3.63, 3.8) is 0 Å². The van der Waals surface area contributed by atoms with Crippen LogP contribution in [0.15, 0.2) is 41.3 Å². The summed E-state index contributed by atoms with van der Waals surface area (Å²) in [7, 11) is 0. The summed E-state index contributed by atoms with van der Waals surface area (Å²) >= 11 is 0. The Morgan fingerprint density at radius 2 is 2.00 bits per heavy atom. The van der Waals surface area contributed by atoms with Crippen LogP contribution < -0.4 is 15.8 Å². The van der Waals surface area contributed by atoms with E-state index in [-0.39, 0.29) is 11.5 Å². The number of carbonyl (C=O) groups is 2. The second-order valence-electron chi connectivity index (χ2n) is 9.32. The summed E-state index contributed by atoms with van der Waals surface area (Å²) in [4.78, 5) is 48.6. The molecule has 2 aliphatic heterocycles. The molecule has 0 saturated carbocycles. The van der Waals surface area contributed by atoms with Crippen LogP contribution in [-0.4, -0.2) is 70.7 Å². The van der Waals surface area contributed by atoms with E-state index >= 15 is 0 Å². The fourth-order valence-corrected chi connectivity index (χ4v) is 4.98. The Morgan fingerprint density at radius 1 is 1.19 bits per heavy atom. The highest BCUT2D eigenvalue weighted by Crippen LogP contribution is 2.29. The molecule has 1 atom stereocenters. The number of H-pyrrole nitrogens is 1. The number of hydrogen-bond donors (Lipinski definition) is 3. The number of aromatic nitrogens is 2. The largest absolute Gasteiger partial charge is 0.480 e. The van der Waals surface area contributed by atoms with E-state index < -0.39 is 12.0 Å². The van der Waals surface area contributed by atoms with Gasteiger partial charge >= 0.3 is 5.97 Å². The van der Waals surface area contributed by atoms with Crippen molar-refractivity contribution in [1.29, 1.82) is 0 Å². The third-order valence-corrected chi connectivity index (χ3v) is 6.80. The van der Waals surface area contributed by atoms with Gasteiger partial charge in [-0.1, -0.05) is 0 Å². The molecule has 188 valence electrons. The van der Waals surface area contributed by atoms with Gasteiger partial charge in [0.1, 0.15) is 11.9 Å². The predicted octanol–water partition coefficient (Wildman–Crippen LogP) is 2.37. The van der Waals surface area contributed by atoms with Crippen LogP contribution in [0.2, 0.25) is 0 Å². The topological polar surface area (TPSA) is 128 Å². The number of rotatable bonds is 6. The van der Waals surface area contributed by atoms with Crippen LogP contribution in [-0.2, 0) is 16.1 Å². The van der Waals surface area contributed by atoms with Crippen molar-refractivity contribution in [3.05, 3.63) is 63.6 Å². The number of aliphatic carboxylic acids is 1. The van der Waals surface area contributed by atoms with E-state index in [4.69, 9.17) is 4.74 Å². The van der Waals surface area contributed by atoms with E-state index in [0.717, 1.165) is 36.0 Å². The molecule has 0 aliphatic carbocycles. The number of carboxylic acids is 1. The number of benzene rings is 1. The smallest absolute Gasteiger partial charge is 0.326 e. The molecule has 4 heterocycles. The molecule has 3 N–H and O–H groups in total. The van der Waals surface area contributed by atoms with Crippen LogP contribution in [0.5, 0.6) is 0 Å². The minimum Gasteiger partial charge on any atom is -0.480 e. The number of ether oxygens (including phenoxy) is 1. The van der Waals surface area contributed by atoms with Gasteiger partial charge in [-0.05, 0) is 55.2 Å². The highest BCUT2D eigenvalue weighted by molar-refractivity contribution is 6.08. The Kier molecular flexibility index (Phi) is 6.71. The summed E-state index contributed by atoms with van der Waals surface area (Å²) in [5.41, 5.74) is 3.11. The number of morpholine rings is 1. The fourth-order valence-electron chi connectivity index (χ4n) is 4.98. The van der Waals surface area contributed by atoms with Gasteiger partial charge < -0.3 is 25.0 Å². The summed E-state index contributed by atoms with van der Waals surface area (Å²) in [6.45, 7) is 5.93. The van der Waals surface area contributed by atoms with Gasteiger partial charge in [-0.15, -0.1) is 0 Å². The Labute approximate surface area is 207 Å². The van der Waals surface area contributed by atoms with Crippen molar-refractivity contribution in [3.8, 4) is 0 Å². The molecular formula is C26H29N5O5. The SMILES string of the molecule is Cc1cc(=O)[nH]c2ccc(NC(=O)c3cc(CN4CCOCC4)cnc3N3CCCC3C(=O)O)cc12. The second-order valence-corrected chi connectivity index (χ2v) is 9.32. The number of fused-ring (bicyclic) bond motifs is 1. The highest BCUT2D eigenvalue weighted by atomic mass is 16.5. The standard InChI is InChI=1S/C26H29N5O5/c1-16-11-23(32)29-21-5-4-18(13-19(16)21)28-25(33)20-12-17(15-30-7-9-36-10-8-30)14-27-24(20)31-6-2-3-22(31)26(34)35/h4-5,11-14,22H,2-3,6-10,15H2,1H3,(H,28,33)(H,29,32)(H,34,35). The zero-order valence-corrected chi connectivity index (χ0v) is 20.1. The average molecular weight is 492 g/mol. The maximum atomic E-state index is 13.6. The molecule has 2 fully saturated rings. The van der Waals surface area contributed by atoms with Crippen molar-refractivity contribution >= 4 is 34.3 Å². The monoisotopic (exact) mass is 491 g/mol. The van der Waals surface area contributed by atoms with Crippen molar-refractivity contribution in [1.82, 2.24) is 14.9 Å². The van der Waals surface area contributed by atoms with Gasteiger partial charge in [-0.2, -0.15) is 0 Å². The minimum absolute atomic E-state index is 0.178. The van der Waals surface area contributed by atoms with E-state index in [1.54, 1.807) is 23.2 Å². The van der Waals surface area contributed by atoms with Crippen LogP contribution >= 0.6 is 0 Å². The molecule has 0 bridgehead atoms. The first-order valence-corrected chi connectivity index (χ1v) is 12.1. The third-order valence-electron chi connectivity index (χ3n) is 6.80. The lowest BCUT2D eigenvalue weighted by molar-refractivity contribution is -0.138. The van der Waals surface area contributed by atoms with E-state index in [0.29, 0.717) is 55.3 Å². The van der Waals surface area contributed by atoms with Crippen LogP contribution in [0.3, 0.4) is 0 Å². The van der Waals surface area contributed by atoms with Crippen LogP contribution in [0.4, 0.5) is 11.5 Å². The van der Waals surface area contributed by atoms with E-state index in [2.05, 4.69) is 20.2 Å². The van der Waals surface area contributed by atoms with Gasteiger partial charge in [-0.3, -0.25) is 14.5 Å². The van der Waals surface area contributed by atoms with Gasteiger partial charge in [0.15, 0.2) is 0 Å². The average Bonchev–Trinajstić information content (AvgIpc) is 3.35. The first-order chi connectivity index (χ1) is 17.4. The maximum Gasteiger partial charge on any atom is 0.326 e. The Bertz CT molecular complexity index is 1360. The van der Waals surface area contributed by atoms with Crippen molar-refractivity contribution < 1.29 is 19.4 Å². The summed E-state index contributed by atoms with van der Waals surface area (Å²) in [6.07, 6.45) is 2.96. The van der Waals surface area contributed by atoms with Gasteiger partial charge in [0.25, 0.3) is 5.91 Å². The van der Waals surface area contributed by atoms with Crippen molar-refractivity contribution in [2.45, 2.75) is 32.4 Å². The van der Waals surface area contributed by atoms with Gasteiger partial charge in [-0.25, -0.2) is 9.78 Å². The third kappa shape index (κ3) is 4.95. The van der Waals surface area contributed by atoms with Gasteiger partial charge in [0.05, 0.1) is 18.8 Å². The summed E-state index contributed by atoms with van der Waals surface area (Å²) in [6, 6.07) is 7.93. The normalized spacial score (nSPS) is 18.5. The van der Waals surface area contributed by atoms with E-state index in [1.807, 2.05) is 19.1 Å². The van der Waals surface area contributed by atoms with E-state index in [9.17, 15) is 19.5 Å². The summed E-state index contributed by atoms with van der Waals surface area (Å²) in [5, 5.41) is 13.5. The summed E-state index contributed by atoms with van der Waals surface area (Å²) < 4.78 is 5.43. The molecule has 2 saturated heterocycles. The lowest BCUT2D eigenvalue weighted by Crippen LogP contribution is -2.38. The molecule has 2 aromatic heterocycles. The number of carbonyl (C=O) groups excluding carboxylic acids is 1. The zero-order chi connectivity index (χ0) is 25.2. The molecule has 1 aromatic carbocycles. The van der Waals surface area contributed by atoms with Gasteiger partial charge in [0.2, 0.25) is 5.56 Å². The first kappa shape index (κ1) is 24.0. The van der Waals surface area contributed by atoms with Crippen LogP contribution in [0, 0.1) is 6.92 Å². The lowest BCUT2D eigenvalue weighted by Gasteiger charge is -2.28. The molecule has 0 spiro atoms. The molecule has 5 rings (SSSR count). The Balaban J connectivity index is 1.48. The lowest BCUT2D eigenvalue weighted by atomic mass is 10.1. The summed E-state index contributed by atoms with van der Waals surface area (Å²) in [5.74, 6) is -0.903. The number of hydrogen-bond acceptors (Lipinski definition) is 7. The molecule has 1 unspecified atom stereocenters. The van der Waals surface area contributed by atoms with Gasteiger partial charge in [0, 0.05) is 55.0 Å². The number of pyridine rings is 2. The molecule has 2 aliphatic rings. The van der Waals surface area contributed by atoms with Crippen molar-refractivity contribution in [2.24, 2.45) is 0 Å². The maximum absolute atomic E-state index is 13.6. The highest BCUT2D eigenvalue weighted by Gasteiger charge is 2.34. The molecule has 0 radical (unpaired) electrons. The molecule has 36 heavy (non-hydrogen) atoms. The van der Waals surface area contributed by atoms with Crippen molar-refractivity contribution in [2.75, 3.05) is 43.1 Å². The number of carboxylic acid groups (broad SMARTS) is 1. The second kappa shape index (κ2) is 10.1. The molecule has 3 aromatic rings. The number of aromatic amines is 1. The molecule has 10 nitrogen and oxygen atoms in total. The first-order valence-electron chi connectivity index (χ1n) is 12.1. The number of anilines is 2. The fraction of sp³-hybridized carbons (Fsp3) is 0.385. The predicted molar refractivity (Wildman–Crippen MR) is 136 cm³/mol. The van der Waals surface area contributed by atoms with Crippen LogP contribution in [0.1, 0.15) is 34.3 Å². The number of nitrogens with zero attached hydrogens (tertiary/aromatic N) is 3. The Morgan fingerprint density at radius 3 is 2.78 bits per heavy atom. The number of aryl methyl sites for hydroxylation is 1. The molecule has 1 amide bonds. The van der Waals surface area contributed by atoms with E-state index in [1.165, 1.54) is 6.07 Å². The zero-order valence-electron chi connectivity index (χ0n) is 20.1. The molecular weight excluding hydrogens is 462 g/mol. The quantitative estimate of drug-likeness (QED) is 0.480. The minimum atomic E-state index is -0.919. The number of nitrogens with one attached hydrogen (secondary N) is 2.